The molecule has 1 fully saturated rings. The van der Waals surface area contributed by atoms with Gasteiger partial charge in [-0.2, -0.15) is 0 Å². The van der Waals surface area contributed by atoms with Crippen molar-refractivity contribution in [1.82, 2.24) is 19.5 Å². The second kappa shape index (κ2) is 6.04. The average molecular weight is 385 g/mol. The van der Waals surface area contributed by atoms with E-state index in [-0.39, 0.29) is 23.1 Å². The van der Waals surface area contributed by atoms with Crippen molar-refractivity contribution in [2.24, 2.45) is 5.92 Å². The van der Waals surface area contributed by atoms with Gasteiger partial charge in [-0.15, -0.1) is 0 Å². The van der Waals surface area contributed by atoms with E-state index in [1.165, 1.54) is 6.07 Å². The third-order valence-corrected chi connectivity index (χ3v) is 5.92. The normalized spacial score (nSPS) is 22.9. The lowest BCUT2D eigenvalue weighted by molar-refractivity contribution is 0.139. The molecular formula is C20H18ClFN4O. The lowest BCUT2D eigenvalue weighted by Gasteiger charge is -2.13. The number of nitrogens with zero attached hydrogens (tertiary/aromatic N) is 3. The highest BCUT2D eigenvalue weighted by Crippen LogP contribution is 2.38. The third kappa shape index (κ3) is 2.63. The molecule has 0 spiro atoms. The molecule has 3 atom stereocenters. The van der Waals surface area contributed by atoms with Crippen molar-refractivity contribution in [3.8, 4) is 11.4 Å². The molecule has 0 amide bonds. The number of nitrogens with one attached hydrogen (secondary N) is 1. The number of aromatic nitrogens is 4. The topological polar surface area (TPSA) is 66.7 Å². The van der Waals surface area contributed by atoms with Crippen LogP contribution >= 0.6 is 11.6 Å². The molecule has 4 aromatic rings. The Morgan fingerprint density at radius 2 is 2.11 bits per heavy atom. The molecule has 3 aromatic heterocycles. The number of hydrogen-bond donors (Lipinski definition) is 2. The molecule has 0 unspecified atom stereocenters. The molecule has 138 valence electrons. The number of rotatable bonds is 2. The first-order valence-electron chi connectivity index (χ1n) is 8.99. The Morgan fingerprint density at radius 3 is 2.89 bits per heavy atom. The molecule has 0 aliphatic heterocycles. The van der Waals surface area contributed by atoms with Crippen LogP contribution in [-0.4, -0.2) is 30.7 Å². The number of H-pyrrole nitrogens is 1. The van der Waals surface area contributed by atoms with Crippen LogP contribution in [0.15, 0.2) is 36.8 Å². The quantitative estimate of drug-likeness (QED) is 0.526. The Morgan fingerprint density at radius 1 is 1.26 bits per heavy atom. The van der Waals surface area contributed by atoms with E-state index in [1.807, 2.05) is 18.3 Å². The maximum atomic E-state index is 13.8. The Kier molecular flexibility index (Phi) is 3.74. The molecule has 0 radical (unpaired) electrons. The number of aromatic amines is 1. The van der Waals surface area contributed by atoms with Gasteiger partial charge in [-0.05, 0) is 43.0 Å². The predicted molar refractivity (Wildman–Crippen MR) is 103 cm³/mol. The fraction of sp³-hybridized carbons (Fsp3) is 0.300. The number of aliphatic hydroxyl groups excluding tert-OH is 1. The molecule has 1 aliphatic rings. The number of aliphatic hydroxyl groups is 1. The maximum Gasteiger partial charge on any atom is 0.144 e. The Hall–Kier alpha value is -2.44. The maximum absolute atomic E-state index is 13.8. The van der Waals surface area contributed by atoms with Gasteiger partial charge in [0, 0.05) is 28.5 Å². The smallest absolute Gasteiger partial charge is 0.144 e. The number of halogens is 2. The molecule has 1 aromatic carbocycles. The third-order valence-electron chi connectivity index (χ3n) is 5.63. The lowest BCUT2D eigenvalue weighted by Crippen LogP contribution is -2.08. The highest BCUT2D eigenvalue weighted by Gasteiger charge is 2.31. The molecule has 3 heterocycles. The summed E-state index contributed by atoms with van der Waals surface area (Å²) in [5.74, 6) is -0.162. The number of benzene rings is 1. The first-order chi connectivity index (χ1) is 13.0. The highest BCUT2D eigenvalue weighted by atomic mass is 35.5. The molecule has 1 aliphatic carbocycles. The molecule has 0 bridgehead atoms. The second-order valence-corrected chi connectivity index (χ2v) is 7.80. The summed E-state index contributed by atoms with van der Waals surface area (Å²) in [7, 11) is 0. The largest absolute Gasteiger partial charge is 0.393 e. The summed E-state index contributed by atoms with van der Waals surface area (Å²) in [6.45, 7) is 2.07. The minimum atomic E-state index is -0.442. The highest BCUT2D eigenvalue weighted by molar-refractivity contribution is 6.31. The van der Waals surface area contributed by atoms with Crippen LogP contribution < -0.4 is 0 Å². The molecular weight excluding hydrogens is 367 g/mol. The van der Waals surface area contributed by atoms with Gasteiger partial charge in [-0.3, -0.25) is 0 Å². The van der Waals surface area contributed by atoms with Gasteiger partial charge in [0.15, 0.2) is 0 Å². The Labute approximate surface area is 159 Å². The van der Waals surface area contributed by atoms with Gasteiger partial charge in [0.1, 0.15) is 17.8 Å². The Bertz CT molecular complexity index is 1120. The van der Waals surface area contributed by atoms with Crippen molar-refractivity contribution in [1.29, 1.82) is 0 Å². The molecule has 27 heavy (non-hydrogen) atoms. The summed E-state index contributed by atoms with van der Waals surface area (Å²) >= 11 is 5.89. The van der Waals surface area contributed by atoms with E-state index in [0.29, 0.717) is 0 Å². The van der Waals surface area contributed by atoms with Crippen LogP contribution in [0.5, 0.6) is 0 Å². The van der Waals surface area contributed by atoms with Gasteiger partial charge in [-0.25, -0.2) is 14.4 Å². The van der Waals surface area contributed by atoms with Gasteiger partial charge >= 0.3 is 0 Å². The summed E-state index contributed by atoms with van der Waals surface area (Å²) in [5, 5.41) is 11.9. The van der Waals surface area contributed by atoms with E-state index in [9.17, 15) is 9.50 Å². The van der Waals surface area contributed by atoms with E-state index < -0.39 is 5.82 Å². The van der Waals surface area contributed by atoms with Crippen molar-refractivity contribution < 1.29 is 9.50 Å². The van der Waals surface area contributed by atoms with Crippen LogP contribution in [0.2, 0.25) is 5.02 Å². The standard InChI is InChI=1S/C20H18ClFN4O/c1-10-4-12(7-18(10)27)26-3-2-13-19(23-9-24-20(13)26)17-6-11-5-15(22)14(21)8-16(11)25-17/h2-3,5-6,8-10,12,18,25,27H,4,7H2,1H3/t10-,12+,18-/m0/s1. The first kappa shape index (κ1) is 16.7. The fourth-order valence-corrected chi connectivity index (χ4v) is 4.32. The van der Waals surface area contributed by atoms with Crippen LogP contribution in [0.25, 0.3) is 33.3 Å². The SMILES string of the molecule is C[C@H]1C[C@@H](n2ccc3c(-c4cc5cc(F)c(Cl)cc5[nH]4)ncnc32)C[C@@H]1O. The van der Waals surface area contributed by atoms with Crippen LogP contribution in [-0.2, 0) is 0 Å². The number of hydrogen-bond acceptors (Lipinski definition) is 3. The minimum absolute atomic E-state index is 0.0869. The van der Waals surface area contributed by atoms with Crippen molar-refractivity contribution in [3.63, 3.8) is 0 Å². The zero-order valence-electron chi connectivity index (χ0n) is 14.7. The molecule has 7 heteroatoms. The van der Waals surface area contributed by atoms with Crippen molar-refractivity contribution >= 4 is 33.5 Å². The zero-order valence-corrected chi connectivity index (χ0v) is 15.4. The molecule has 2 N–H and O–H groups in total. The van der Waals surface area contributed by atoms with E-state index in [1.54, 1.807) is 12.4 Å². The monoisotopic (exact) mass is 384 g/mol. The first-order valence-corrected chi connectivity index (χ1v) is 9.37. The van der Waals surface area contributed by atoms with Crippen LogP contribution in [0.4, 0.5) is 4.39 Å². The molecule has 5 nitrogen and oxygen atoms in total. The van der Waals surface area contributed by atoms with Crippen molar-refractivity contribution in [2.75, 3.05) is 0 Å². The Balaban J connectivity index is 1.62. The van der Waals surface area contributed by atoms with Crippen molar-refractivity contribution in [2.45, 2.75) is 31.9 Å². The van der Waals surface area contributed by atoms with Crippen LogP contribution in [0.3, 0.4) is 0 Å². The summed E-state index contributed by atoms with van der Waals surface area (Å²) < 4.78 is 15.9. The van der Waals surface area contributed by atoms with Gasteiger partial charge in [0.05, 0.1) is 22.5 Å². The van der Waals surface area contributed by atoms with Crippen molar-refractivity contribution in [3.05, 3.63) is 47.6 Å². The summed E-state index contributed by atoms with van der Waals surface area (Å²) in [6, 6.07) is 7.10. The molecule has 0 saturated heterocycles. The summed E-state index contributed by atoms with van der Waals surface area (Å²) in [5.41, 5.74) is 3.15. The van der Waals surface area contributed by atoms with E-state index in [4.69, 9.17) is 11.6 Å². The van der Waals surface area contributed by atoms with Crippen LogP contribution in [0.1, 0.15) is 25.8 Å². The van der Waals surface area contributed by atoms with Gasteiger partial charge < -0.3 is 14.7 Å². The van der Waals surface area contributed by atoms with E-state index in [0.717, 1.165) is 46.2 Å². The van der Waals surface area contributed by atoms with Crippen LogP contribution in [0, 0.1) is 11.7 Å². The summed E-state index contributed by atoms with van der Waals surface area (Å²) in [6.07, 6.45) is 4.93. The molecule has 5 rings (SSSR count). The molecule has 1 saturated carbocycles. The zero-order chi connectivity index (χ0) is 18.7. The lowest BCUT2D eigenvalue weighted by atomic mass is 10.1. The minimum Gasteiger partial charge on any atom is -0.393 e. The van der Waals surface area contributed by atoms with Gasteiger partial charge in [-0.1, -0.05) is 18.5 Å². The van der Waals surface area contributed by atoms with E-state index >= 15 is 0 Å². The fourth-order valence-electron chi connectivity index (χ4n) is 4.16. The second-order valence-electron chi connectivity index (χ2n) is 7.39. The summed E-state index contributed by atoms with van der Waals surface area (Å²) in [4.78, 5) is 12.2. The number of fused-ring (bicyclic) bond motifs is 2. The van der Waals surface area contributed by atoms with Gasteiger partial charge in [0.2, 0.25) is 0 Å². The predicted octanol–water partition coefficient (Wildman–Crippen LogP) is 4.70. The average Bonchev–Trinajstić information content (AvgIpc) is 3.32. The van der Waals surface area contributed by atoms with E-state index in [2.05, 4.69) is 26.4 Å². The van der Waals surface area contributed by atoms with Gasteiger partial charge in [0.25, 0.3) is 0 Å².